The van der Waals surface area contributed by atoms with E-state index in [0.717, 1.165) is 19.6 Å². The molecule has 0 aromatic rings. The second-order valence-corrected chi connectivity index (χ2v) is 6.71. The van der Waals surface area contributed by atoms with E-state index in [1.807, 2.05) is 0 Å². The highest BCUT2D eigenvalue weighted by Gasteiger charge is 2.40. The molecule has 1 aliphatic heterocycles. The van der Waals surface area contributed by atoms with Crippen LogP contribution in [-0.2, 0) is 9.47 Å². The normalized spacial score (nSPS) is 26.1. The smallest absolute Gasteiger partial charge is 0.165 e. The van der Waals surface area contributed by atoms with E-state index >= 15 is 0 Å². The van der Waals surface area contributed by atoms with Gasteiger partial charge in [-0.25, -0.2) is 0 Å². The van der Waals surface area contributed by atoms with Crippen molar-refractivity contribution in [2.75, 3.05) is 19.9 Å². The van der Waals surface area contributed by atoms with E-state index in [2.05, 4.69) is 46.4 Å². The fraction of sp³-hybridized carbons (Fsp3) is 1.00. The van der Waals surface area contributed by atoms with Gasteiger partial charge in [0.2, 0.25) is 0 Å². The van der Waals surface area contributed by atoms with Crippen molar-refractivity contribution >= 4 is 0 Å². The molecular formula is C14H29NO2. The predicted octanol–water partition coefficient (Wildman–Crippen LogP) is 3.24. The van der Waals surface area contributed by atoms with Gasteiger partial charge in [0.1, 0.15) is 6.73 Å². The van der Waals surface area contributed by atoms with Gasteiger partial charge in [-0.2, -0.15) is 0 Å². The molecule has 3 nitrogen and oxygen atoms in total. The van der Waals surface area contributed by atoms with E-state index in [0.29, 0.717) is 6.73 Å². The lowest BCUT2D eigenvalue weighted by Gasteiger charge is -2.48. The maximum atomic E-state index is 5.88. The molecule has 17 heavy (non-hydrogen) atoms. The summed E-state index contributed by atoms with van der Waals surface area (Å²) >= 11 is 0. The number of nitrogens with zero attached hydrogens (tertiary/aromatic N) is 1. The van der Waals surface area contributed by atoms with Crippen LogP contribution in [0.25, 0.3) is 0 Å². The Morgan fingerprint density at radius 2 is 2.00 bits per heavy atom. The standard InChI is InChI=1S/C14H29NO2/c1-7-8-9-16-12-14(5,6)10-15(11-17-12)13(2,3)4/h12H,7-11H2,1-6H3. The van der Waals surface area contributed by atoms with Crippen LogP contribution < -0.4 is 0 Å². The first kappa shape index (κ1) is 14.9. The Kier molecular flexibility index (Phi) is 4.99. The summed E-state index contributed by atoms with van der Waals surface area (Å²) in [4.78, 5) is 2.37. The van der Waals surface area contributed by atoms with E-state index in [1.165, 1.54) is 6.42 Å². The minimum absolute atomic E-state index is 0.0548. The summed E-state index contributed by atoms with van der Waals surface area (Å²) in [5.41, 5.74) is 0.213. The van der Waals surface area contributed by atoms with Gasteiger partial charge in [0.05, 0.1) is 0 Å². The number of unbranched alkanes of at least 4 members (excludes halogenated alkanes) is 1. The molecule has 0 amide bonds. The first-order chi connectivity index (χ1) is 7.77. The van der Waals surface area contributed by atoms with E-state index in [4.69, 9.17) is 9.47 Å². The van der Waals surface area contributed by atoms with Crippen molar-refractivity contribution in [2.45, 2.75) is 66.2 Å². The highest BCUT2D eigenvalue weighted by molar-refractivity contribution is 4.86. The van der Waals surface area contributed by atoms with Crippen LogP contribution in [0.3, 0.4) is 0 Å². The van der Waals surface area contributed by atoms with Crippen LogP contribution in [0.4, 0.5) is 0 Å². The van der Waals surface area contributed by atoms with Gasteiger partial charge in [0.15, 0.2) is 6.29 Å². The van der Waals surface area contributed by atoms with Crippen LogP contribution in [0, 0.1) is 5.41 Å². The van der Waals surface area contributed by atoms with E-state index in [1.54, 1.807) is 0 Å². The summed E-state index contributed by atoms with van der Waals surface area (Å²) in [6.07, 6.45) is 2.22. The summed E-state index contributed by atoms with van der Waals surface area (Å²) in [6.45, 7) is 15.8. The van der Waals surface area contributed by atoms with Crippen molar-refractivity contribution < 1.29 is 9.47 Å². The maximum Gasteiger partial charge on any atom is 0.165 e. The van der Waals surface area contributed by atoms with Gasteiger partial charge in [-0.05, 0) is 27.2 Å². The van der Waals surface area contributed by atoms with Gasteiger partial charge in [-0.15, -0.1) is 0 Å². The monoisotopic (exact) mass is 243 g/mol. The summed E-state index contributed by atoms with van der Waals surface area (Å²) in [6, 6.07) is 0. The first-order valence-corrected chi connectivity index (χ1v) is 6.75. The van der Waals surface area contributed by atoms with Crippen LogP contribution in [-0.4, -0.2) is 36.6 Å². The third-order valence-electron chi connectivity index (χ3n) is 3.33. The Bertz CT molecular complexity index is 233. The molecule has 1 atom stereocenters. The number of hydrogen-bond acceptors (Lipinski definition) is 3. The molecule has 0 aromatic carbocycles. The molecule has 0 spiro atoms. The summed E-state index contributed by atoms with van der Waals surface area (Å²) < 4.78 is 11.7. The number of ether oxygens (including phenoxy) is 2. The zero-order valence-corrected chi connectivity index (χ0v) is 12.4. The van der Waals surface area contributed by atoms with Crippen LogP contribution in [0.15, 0.2) is 0 Å². The van der Waals surface area contributed by atoms with Crippen molar-refractivity contribution in [3.8, 4) is 0 Å². The van der Waals surface area contributed by atoms with Gasteiger partial charge in [-0.1, -0.05) is 27.2 Å². The van der Waals surface area contributed by atoms with Crippen LogP contribution in [0.1, 0.15) is 54.4 Å². The lowest BCUT2D eigenvalue weighted by molar-refractivity contribution is -0.264. The average molecular weight is 243 g/mol. The van der Waals surface area contributed by atoms with Crippen LogP contribution >= 0.6 is 0 Å². The number of rotatable bonds is 4. The molecule has 0 saturated carbocycles. The fourth-order valence-electron chi connectivity index (χ4n) is 2.03. The molecule has 1 fully saturated rings. The van der Waals surface area contributed by atoms with Crippen molar-refractivity contribution in [2.24, 2.45) is 5.41 Å². The highest BCUT2D eigenvalue weighted by Crippen LogP contribution is 2.33. The average Bonchev–Trinajstić information content (AvgIpc) is 2.18. The Labute approximate surface area is 106 Å². The molecule has 1 saturated heterocycles. The molecule has 0 bridgehead atoms. The minimum Gasteiger partial charge on any atom is -0.352 e. The van der Waals surface area contributed by atoms with Crippen molar-refractivity contribution in [3.63, 3.8) is 0 Å². The molecule has 1 unspecified atom stereocenters. The molecule has 0 aliphatic carbocycles. The quantitative estimate of drug-likeness (QED) is 0.708. The van der Waals surface area contributed by atoms with E-state index < -0.39 is 0 Å². The van der Waals surface area contributed by atoms with Gasteiger partial charge >= 0.3 is 0 Å². The second-order valence-electron chi connectivity index (χ2n) is 6.71. The van der Waals surface area contributed by atoms with Crippen molar-refractivity contribution in [3.05, 3.63) is 0 Å². The highest BCUT2D eigenvalue weighted by atomic mass is 16.7. The van der Waals surface area contributed by atoms with Gasteiger partial charge < -0.3 is 9.47 Å². The molecule has 0 radical (unpaired) electrons. The van der Waals surface area contributed by atoms with E-state index in [-0.39, 0.29) is 17.2 Å². The van der Waals surface area contributed by atoms with Gasteiger partial charge in [-0.3, -0.25) is 4.90 Å². The number of hydrogen-bond donors (Lipinski definition) is 0. The third-order valence-corrected chi connectivity index (χ3v) is 3.33. The van der Waals surface area contributed by atoms with Gasteiger partial charge in [0.25, 0.3) is 0 Å². The zero-order valence-electron chi connectivity index (χ0n) is 12.4. The summed E-state index contributed by atoms with van der Waals surface area (Å²) in [5.74, 6) is 0. The summed E-state index contributed by atoms with van der Waals surface area (Å²) in [5, 5.41) is 0. The third kappa shape index (κ3) is 4.23. The van der Waals surface area contributed by atoms with Crippen molar-refractivity contribution in [1.29, 1.82) is 0 Å². The first-order valence-electron chi connectivity index (χ1n) is 6.75. The fourth-order valence-corrected chi connectivity index (χ4v) is 2.03. The zero-order chi connectivity index (χ0) is 13.1. The molecule has 0 aromatic heterocycles. The molecule has 1 aliphatic rings. The summed E-state index contributed by atoms with van der Waals surface area (Å²) in [7, 11) is 0. The van der Waals surface area contributed by atoms with Crippen LogP contribution in [0.5, 0.6) is 0 Å². The molecule has 3 heteroatoms. The molecule has 1 heterocycles. The minimum atomic E-state index is -0.0624. The topological polar surface area (TPSA) is 21.7 Å². The van der Waals surface area contributed by atoms with E-state index in [9.17, 15) is 0 Å². The van der Waals surface area contributed by atoms with Gasteiger partial charge in [0, 0.05) is 24.1 Å². The maximum absolute atomic E-state index is 5.88. The lowest BCUT2D eigenvalue weighted by Crippen LogP contribution is -2.56. The second kappa shape index (κ2) is 5.68. The Balaban J connectivity index is 2.51. The molecule has 1 rings (SSSR count). The molecular weight excluding hydrogens is 214 g/mol. The molecule has 102 valence electrons. The predicted molar refractivity (Wildman–Crippen MR) is 70.8 cm³/mol. The lowest BCUT2D eigenvalue weighted by atomic mass is 9.88. The van der Waals surface area contributed by atoms with Crippen LogP contribution in [0.2, 0.25) is 0 Å². The largest absolute Gasteiger partial charge is 0.352 e. The Hall–Kier alpha value is -0.120. The van der Waals surface area contributed by atoms with Crippen molar-refractivity contribution in [1.82, 2.24) is 4.90 Å². The molecule has 0 N–H and O–H groups in total. The Morgan fingerprint density at radius 1 is 1.35 bits per heavy atom. The SMILES string of the molecule is CCCCOC1OCN(C(C)(C)C)CC1(C)C. The Morgan fingerprint density at radius 3 is 2.47 bits per heavy atom.